The molecule has 1 saturated heterocycles. The van der Waals surface area contributed by atoms with Crippen LogP contribution in [0.15, 0.2) is 36.4 Å². The van der Waals surface area contributed by atoms with Crippen LogP contribution in [-0.4, -0.2) is 41.9 Å². The van der Waals surface area contributed by atoms with Crippen LogP contribution in [0.25, 0.3) is 0 Å². The number of imide groups is 1. The third-order valence-corrected chi connectivity index (χ3v) is 5.98. The maximum absolute atomic E-state index is 12.8. The van der Waals surface area contributed by atoms with Gasteiger partial charge in [-0.05, 0) is 55.7 Å². The van der Waals surface area contributed by atoms with E-state index in [1.807, 2.05) is 0 Å². The number of rotatable bonds is 5. The van der Waals surface area contributed by atoms with Gasteiger partial charge in [-0.3, -0.25) is 19.3 Å². The second-order valence-corrected chi connectivity index (χ2v) is 8.32. The second-order valence-electron chi connectivity index (χ2n) is 7.48. The summed E-state index contributed by atoms with van der Waals surface area (Å²) < 4.78 is 5.55. The summed E-state index contributed by atoms with van der Waals surface area (Å²) >= 11 is 12.1. The van der Waals surface area contributed by atoms with Crippen LogP contribution in [0.4, 0.5) is 0 Å². The molecule has 0 saturated carbocycles. The van der Waals surface area contributed by atoms with Crippen LogP contribution in [0.5, 0.6) is 0 Å². The lowest BCUT2D eigenvalue weighted by Crippen LogP contribution is -2.36. The Hall–Kier alpha value is -2.41. The molecule has 1 N–H and O–H groups in total. The largest absolute Gasteiger partial charge is 0.376 e. The van der Waals surface area contributed by atoms with E-state index in [4.69, 9.17) is 27.9 Å². The van der Waals surface area contributed by atoms with E-state index < -0.39 is 5.91 Å². The highest BCUT2D eigenvalue weighted by molar-refractivity contribution is 6.35. The fourth-order valence-electron chi connectivity index (χ4n) is 3.80. The molecule has 0 aromatic heterocycles. The molecule has 2 heterocycles. The van der Waals surface area contributed by atoms with Crippen molar-refractivity contribution in [2.24, 2.45) is 0 Å². The van der Waals surface area contributed by atoms with Gasteiger partial charge in [-0.2, -0.15) is 0 Å². The van der Waals surface area contributed by atoms with Gasteiger partial charge in [0.05, 0.1) is 29.8 Å². The summed E-state index contributed by atoms with van der Waals surface area (Å²) in [6.45, 7) is 2.69. The molecule has 0 aliphatic carbocycles. The van der Waals surface area contributed by atoms with Crippen molar-refractivity contribution in [3.63, 3.8) is 0 Å². The maximum atomic E-state index is 12.8. The minimum absolute atomic E-state index is 0.125. The number of hydrogen-bond acceptors (Lipinski definition) is 4. The quantitative estimate of drug-likeness (QED) is 0.696. The standard InChI is InChI=1S/C22H20Cl2N2O4/c1-12(16-7-5-14(23)10-19(16)24)25-20(27)13-4-6-17-18(9-13)22(29)26(21(17)28)11-15-3-2-8-30-15/h4-7,9-10,12,15H,2-3,8,11H2,1H3,(H,25,27). The number of fused-ring (bicyclic) bond motifs is 1. The van der Waals surface area contributed by atoms with Crippen molar-refractivity contribution in [2.75, 3.05) is 13.2 Å². The van der Waals surface area contributed by atoms with Gasteiger partial charge in [0.15, 0.2) is 0 Å². The Labute approximate surface area is 184 Å². The average molecular weight is 447 g/mol. The molecule has 2 atom stereocenters. The van der Waals surface area contributed by atoms with Crippen molar-refractivity contribution in [3.8, 4) is 0 Å². The molecule has 4 rings (SSSR count). The number of nitrogens with one attached hydrogen (secondary N) is 1. The van der Waals surface area contributed by atoms with E-state index in [9.17, 15) is 14.4 Å². The number of carbonyl (C=O) groups excluding carboxylic acids is 3. The fourth-order valence-corrected chi connectivity index (χ4v) is 4.37. The molecular formula is C22H20Cl2N2O4. The molecule has 3 amide bonds. The van der Waals surface area contributed by atoms with Crippen LogP contribution in [-0.2, 0) is 4.74 Å². The minimum Gasteiger partial charge on any atom is -0.376 e. The number of ether oxygens (including phenoxy) is 1. The Morgan fingerprint density at radius 2 is 1.93 bits per heavy atom. The van der Waals surface area contributed by atoms with Crippen LogP contribution < -0.4 is 5.32 Å². The number of hydrogen-bond donors (Lipinski definition) is 1. The van der Waals surface area contributed by atoms with Crippen molar-refractivity contribution in [1.82, 2.24) is 10.2 Å². The van der Waals surface area contributed by atoms with Gasteiger partial charge in [0, 0.05) is 22.2 Å². The highest BCUT2D eigenvalue weighted by Gasteiger charge is 2.38. The summed E-state index contributed by atoms with van der Waals surface area (Å²) in [7, 11) is 0. The number of nitrogens with zero attached hydrogens (tertiary/aromatic N) is 1. The number of benzene rings is 2. The Balaban J connectivity index is 1.50. The predicted octanol–water partition coefficient (Wildman–Crippen LogP) is 4.26. The van der Waals surface area contributed by atoms with Gasteiger partial charge in [0.2, 0.25) is 0 Å². The molecule has 2 aromatic carbocycles. The topological polar surface area (TPSA) is 75.7 Å². The molecule has 8 heteroatoms. The highest BCUT2D eigenvalue weighted by atomic mass is 35.5. The Morgan fingerprint density at radius 1 is 1.17 bits per heavy atom. The van der Waals surface area contributed by atoms with E-state index in [0.29, 0.717) is 27.8 Å². The third-order valence-electron chi connectivity index (χ3n) is 5.42. The van der Waals surface area contributed by atoms with Gasteiger partial charge < -0.3 is 10.1 Å². The van der Waals surface area contributed by atoms with Crippen molar-refractivity contribution in [1.29, 1.82) is 0 Å². The normalized spacial score (nSPS) is 19.2. The Morgan fingerprint density at radius 3 is 2.63 bits per heavy atom. The maximum Gasteiger partial charge on any atom is 0.261 e. The summed E-state index contributed by atoms with van der Waals surface area (Å²) in [5.41, 5.74) is 1.57. The van der Waals surface area contributed by atoms with Crippen molar-refractivity contribution < 1.29 is 19.1 Å². The number of carbonyl (C=O) groups is 3. The van der Waals surface area contributed by atoms with E-state index >= 15 is 0 Å². The lowest BCUT2D eigenvalue weighted by Gasteiger charge is -2.17. The number of amides is 3. The van der Waals surface area contributed by atoms with Gasteiger partial charge in [-0.25, -0.2) is 0 Å². The van der Waals surface area contributed by atoms with E-state index in [-0.39, 0.29) is 36.1 Å². The monoisotopic (exact) mass is 446 g/mol. The van der Waals surface area contributed by atoms with E-state index in [2.05, 4.69) is 5.32 Å². The first-order valence-corrected chi connectivity index (χ1v) is 10.5. The molecule has 2 aromatic rings. The van der Waals surface area contributed by atoms with E-state index in [1.54, 1.807) is 31.2 Å². The van der Waals surface area contributed by atoms with Crippen molar-refractivity contribution in [2.45, 2.75) is 31.9 Å². The Kier molecular flexibility index (Phi) is 5.82. The first-order chi connectivity index (χ1) is 14.3. The van der Waals surface area contributed by atoms with Gasteiger partial charge in [-0.1, -0.05) is 29.3 Å². The molecule has 6 nitrogen and oxygen atoms in total. The molecule has 30 heavy (non-hydrogen) atoms. The first kappa shape index (κ1) is 20.8. The highest BCUT2D eigenvalue weighted by Crippen LogP contribution is 2.28. The van der Waals surface area contributed by atoms with Crippen LogP contribution in [0, 0.1) is 0 Å². The predicted molar refractivity (Wildman–Crippen MR) is 113 cm³/mol. The molecule has 1 fully saturated rings. The zero-order valence-electron chi connectivity index (χ0n) is 16.3. The SMILES string of the molecule is CC(NC(=O)c1ccc2c(c1)C(=O)N(CC1CCCO1)C2=O)c1ccc(Cl)cc1Cl. The van der Waals surface area contributed by atoms with Gasteiger partial charge >= 0.3 is 0 Å². The lowest BCUT2D eigenvalue weighted by molar-refractivity contribution is 0.0475. The molecule has 2 aliphatic heterocycles. The van der Waals surface area contributed by atoms with Crippen LogP contribution in [0.1, 0.15) is 62.4 Å². The van der Waals surface area contributed by atoms with Gasteiger partial charge in [0.25, 0.3) is 17.7 Å². The van der Waals surface area contributed by atoms with E-state index in [1.165, 1.54) is 17.0 Å². The molecule has 2 unspecified atom stereocenters. The van der Waals surface area contributed by atoms with Gasteiger partial charge in [-0.15, -0.1) is 0 Å². The lowest BCUT2D eigenvalue weighted by atomic mass is 10.0. The second kappa shape index (κ2) is 8.38. The molecule has 0 spiro atoms. The molecule has 0 radical (unpaired) electrons. The summed E-state index contributed by atoms with van der Waals surface area (Å²) in [6, 6.07) is 9.24. The van der Waals surface area contributed by atoms with E-state index in [0.717, 1.165) is 18.4 Å². The zero-order chi connectivity index (χ0) is 21.4. The smallest absolute Gasteiger partial charge is 0.261 e. The van der Waals surface area contributed by atoms with Gasteiger partial charge in [0.1, 0.15) is 0 Å². The summed E-state index contributed by atoms with van der Waals surface area (Å²) in [5.74, 6) is -1.11. The molecule has 156 valence electrons. The molecule has 0 bridgehead atoms. The fraction of sp³-hybridized carbons (Fsp3) is 0.318. The zero-order valence-corrected chi connectivity index (χ0v) is 17.8. The number of halogens is 2. The summed E-state index contributed by atoms with van der Waals surface area (Å²) in [4.78, 5) is 39.4. The average Bonchev–Trinajstić information content (AvgIpc) is 3.30. The summed E-state index contributed by atoms with van der Waals surface area (Å²) in [5, 5.41) is 3.83. The third kappa shape index (κ3) is 3.95. The molecule has 2 aliphatic rings. The Bertz CT molecular complexity index is 1030. The molecular weight excluding hydrogens is 427 g/mol. The van der Waals surface area contributed by atoms with Crippen molar-refractivity contribution >= 4 is 40.9 Å². The van der Waals surface area contributed by atoms with Crippen LogP contribution in [0.2, 0.25) is 10.0 Å². The van der Waals surface area contributed by atoms with Crippen LogP contribution >= 0.6 is 23.2 Å². The van der Waals surface area contributed by atoms with Crippen LogP contribution in [0.3, 0.4) is 0 Å². The first-order valence-electron chi connectivity index (χ1n) is 9.73. The van der Waals surface area contributed by atoms with Crippen molar-refractivity contribution in [3.05, 3.63) is 68.7 Å². The minimum atomic E-state index is -0.394. The summed E-state index contributed by atoms with van der Waals surface area (Å²) in [6.07, 6.45) is 1.63.